The maximum Gasteiger partial charge on any atom is 0.344 e. The van der Waals surface area contributed by atoms with E-state index in [9.17, 15) is 19.7 Å². The number of carbonyl (C=O) groups excluding carboxylic acids is 2. The number of nitro groups is 1. The molecule has 0 aromatic heterocycles. The number of nitrogen functional groups attached to an aromatic ring is 2. The van der Waals surface area contributed by atoms with Crippen molar-refractivity contribution in [2.75, 3.05) is 47.2 Å². The Morgan fingerprint density at radius 2 is 1.47 bits per heavy atom. The maximum atomic E-state index is 11.4. The molecule has 1 aliphatic heterocycles. The Balaban J connectivity index is 0.000000202. The second-order valence-electron chi connectivity index (χ2n) is 9.08. The molecule has 7 N–H and O–H groups in total. The molecule has 0 bridgehead atoms. The fourth-order valence-electron chi connectivity index (χ4n) is 3.82. The molecule has 0 spiro atoms. The lowest BCUT2D eigenvalue weighted by Gasteiger charge is -2.18. The lowest BCUT2D eigenvalue weighted by molar-refractivity contribution is -0.385. The summed E-state index contributed by atoms with van der Waals surface area (Å²) in [6.07, 6.45) is 0. The molecule has 0 aliphatic carbocycles. The van der Waals surface area contributed by atoms with Gasteiger partial charge in [-0.15, -0.1) is 0 Å². The van der Waals surface area contributed by atoms with Crippen molar-refractivity contribution in [3.05, 3.63) is 95.0 Å². The van der Waals surface area contributed by atoms with Crippen LogP contribution < -0.4 is 36.9 Å². The number of rotatable bonds is 9. The largest absolute Gasteiger partial charge is 0.482 e. The van der Waals surface area contributed by atoms with Crippen molar-refractivity contribution in [1.82, 2.24) is 0 Å². The number of nitrogens with one attached hydrogen (secondary N) is 3. The molecular weight excluding hydrogens is 556 g/mol. The van der Waals surface area contributed by atoms with Crippen molar-refractivity contribution < 1.29 is 28.7 Å². The zero-order valence-corrected chi connectivity index (χ0v) is 23.2. The Morgan fingerprint density at radius 1 is 0.907 bits per heavy atom. The summed E-state index contributed by atoms with van der Waals surface area (Å²) in [6.45, 7) is 1.53. The number of nitro benzene ring substituents is 1. The van der Waals surface area contributed by atoms with E-state index in [0.717, 1.165) is 22.7 Å². The molecule has 1 heterocycles. The van der Waals surface area contributed by atoms with Gasteiger partial charge in [0.1, 0.15) is 5.75 Å². The molecule has 1 amide bonds. The number of hydrogen-bond acceptors (Lipinski definition) is 11. The first kappa shape index (κ1) is 30.0. The van der Waals surface area contributed by atoms with E-state index in [1.54, 1.807) is 37.3 Å². The van der Waals surface area contributed by atoms with Crippen molar-refractivity contribution in [3.63, 3.8) is 0 Å². The zero-order chi connectivity index (χ0) is 30.8. The fourth-order valence-corrected chi connectivity index (χ4v) is 3.82. The van der Waals surface area contributed by atoms with Gasteiger partial charge in [0.25, 0.3) is 5.91 Å². The van der Waals surface area contributed by atoms with Crippen molar-refractivity contribution in [2.24, 2.45) is 0 Å². The molecule has 13 heteroatoms. The van der Waals surface area contributed by atoms with Gasteiger partial charge in [-0.3, -0.25) is 14.9 Å². The van der Waals surface area contributed by atoms with Crippen molar-refractivity contribution in [3.8, 4) is 11.5 Å². The van der Waals surface area contributed by atoms with Crippen molar-refractivity contribution in [1.29, 1.82) is 0 Å². The Labute approximate surface area is 246 Å². The molecule has 0 saturated heterocycles. The van der Waals surface area contributed by atoms with Gasteiger partial charge in [0.2, 0.25) is 0 Å². The number of ether oxygens (including phenoxy) is 3. The van der Waals surface area contributed by atoms with Crippen LogP contribution in [0.4, 0.5) is 45.5 Å². The average molecular weight is 587 g/mol. The maximum absolute atomic E-state index is 11.4. The lowest BCUT2D eigenvalue weighted by Crippen LogP contribution is -2.25. The minimum absolute atomic E-state index is 0.0199. The summed E-state index contributed by atoms with van der Waals surface area (Å²) in [5, 5.41) is 20.1. The molecular formula is C30H30N6O7. The number of benzene rings is 4. The molecule has 43 heavy (non-hydrogen) atoms. The lowest BCUT2D eigenvalue weighted by atomic mass is 10.2. The third kappa shape index (κ3) is 8.75. The van der Waals surface area contributed by atoms with E-state index in [0.29, 0.717) is 22.8 Å². The van der Waals surface area contributed by atoms with Gasteiger partial charge in [-0.1, -0.05) is 0 Å². The van der Waals surface area contributed by atoms with Crippen LogP contribution >= 0.6 is 0 Å². The molecule has 222 valence electrons. The Morgan fingerprint density at radius 3 is 2.05 bits per heavy atom. The van der Waals surface area contributed by atoms with E-state index >= 15 is 0 Å². The summed E-state index contributed by atoms with van der Waals surface area (Å²) < 4.78 is 15.3. The van der Waals surface area contributed by atoms with Gasteiger partial charge in [-0.05, 0) is 73.7 Å². The van der Waals surface area contributed by atoms with Gasteiger partial charge in [0.05, 0.1) is 17.2 Å². The highest BCUT2D eigenvalue weighted by Crippen LogP contribution is 2.33. The number of anilines is 7. The predicted octanol–water partition coefficient (Wildman–Crippen LogP) is 5.21. The molecule has 0 radical (unpaired) electrons. The third-order valence-corrected chi connectivity index (χ3v) is 5.82. The number of amides is 1. The monoisotopic (exact) mass is 586 g/mol. The first-order valence-electron chi connectivity index (χ1n) is 13.1. The summed E-state index contributed by atoms with van der Waals surface area (Å²) in [5.41, 5.74) is 16.2. The van der Waals surface area contributed by atoms with Crippen LogP contribution in [0.1, 0.15) is 6.92 Å². The van der Waals surface area contributed by atoms with Gasteiger partial charge in [-0.2, -0.15) is 0 Å². The normalized spacial score (nSPS) is 11.4. The fraction of sp³-hybridized carbons (Fsp3) is 0.133. The van der Waals surface area contributed by atoms with Crippen LogP contribution in [0.3, 0.4) is 0 Å². The SMILES string of the molecule is CCOC(=O)COc1cc(Nc2ccc(N)cc2)ccc1[N+](=O)[O-].Nc1ccc(Nc2ccc3c(c2)OCC(=O)N3)cc1. The van der Waals surface area contributed by atoms with Crippen LogP contribution in [0, 0.1) is 10.1 Å². The Kier molecular flexibility index (Phi) is 9.82. The van der Waals surface area contributed by atoms with Gasteiger partial charge in [0, 0.05) is 52.3 Å². The first-order chi connectivity index (χ1) is 20.7. The second-order valence-corrected chi connectivity index (χ2v) is 9.08. The van der Waals surface area contributed by atoms with Gasteiger partial charge >= 0.3 is 11.7 Å². The van der Waals surface area contributed by atoms with Crippen molar-refractivity contribution >= 4 is 57.4 Å². The molecule has 0 unspecified atom stereocenters. The standard InChI is InChI=1S/C16H17N3O5.C14H13N3O2/c1-2-23-16(20)10-24-15-9-13(7-8-14(15)19(21)22)18-12-5-3-11(17)4-6-12;15-9-1-3-10(4-2-9)16-11-5-6-12-13(7-11)19-8-14(18)17-12/h3-9,18H,2,10,17H2,1H3;1-7,16H,8,15H2,(H,17,18). The molecule has 13 nitrogen and oxygen atoms in total. The number of nitrogens with two attached hydrogens (primary N) is 2. The van der Waals surface area contributed by atoms with E-state index in [-0.39, 0.29) is 30.6 Å². The van der Waals surface area contributed by atoms with E-state index in [4.69, 9.17) is 25.7 Å². The van der Waals surface area contributed by atoms with Gasteiger partial charge < -0.3 is 41.6 Å². The van der Waals surface area contributed by atoms with Crippen LogP contribution in [0.2, 0.25) is 0 Å². The molecule has 0 saturated carbocycles. The van der Waals surface area contributed by atoms with Crippen LogP contribution in [0.15, 0.2) is 84.9 Å². The van der Waals surface area contributed by atoms with E-state index in [1.807, 2.05) is 42.5 Å². The highest BCUT2D eigenvalue weighted by molar-refractivity contribution is 5.95. The molecule has 4 aromatic rings. The molecule has 5 rings (SSSR count). The van der Waals surface area contributed by atoms with E-state index in [2.05, 4.69) is 16.0 Å². The summed E-state index contributed by atoms with van der Waals surface area (Å²) in [4.78, 5) is 33.0. The second kappa shape index (κ2) is 14.1. The Hall–Kier alpha value is -5.98. The third-order valence-electron chi connectivity index (χ3n) is 5.82. The van der Waals surface area contributed by atoms with Gasteiger partial charge in [-0.25, -0.2) is 4.79 Å². The first-order valence-corrected chi connectivity index (χ1v) is 13.1. The number of esters is 1. The number of carbonyl (C=O) groups is 2. The summed E-state index contributed by atoms with van der Waals surface area (Å²) in [7, 11) is 0. The highest BCUT2D eigenvalue weighted by atomic mass is 16.6. The van der Waals surface area contributed by atoms with Crippen LogP contribution in [-0.4, -0.2) is 36.6 Å². The van der Waals surface area contributed by atoms with Gasteiger partial charge in [0.15, 0.2) is 19.0 Å². The quantitative estimate of drug-likeness (QED) is 0.0748. The van der Waals surface area contributed by atoms with Crippen molar-refractivity contribution in [2.45, 2.75) is 6.92 Å². The summed E-state index contributed by atoms with van der Waals surface area (Å²) >= 11 is 0. The molecule has 1 aliphatic rings. The summed E-state index contributed by atoms with van der Waals surface area (Å²) in [5.74, 6) is -0.0796. The van der Waals surface area contributed by atoms with E-state index < -0.39 is 17.5 Å². The molecule has 0 atom stereocenters. The number of nitrogens with zero attached hydrogens (tertiary/aromatic N) is 1. The highest BCUT2D eigenvalue weighted by Gasteiger charge is 2.18. The minimum Gasteiger partial charge on any atom is -0.482 e. The zero-order valence-electron chi connectivity index (χ0n) is 23.2. The molecule has 4 aromatic carbocycles. The van der Waals surface area contributed by atoms with Crippen LogP contribution in [-0.2, 0) is 14.3 Å². The summed E-state index contributed by atoms with van der Waals surface area (Å²) in [6, 6.07) is 24.3. The number of hydrogen-bond donors (Lipinski definition) is 5. The van der Waals surface area contributed by atoms with Crippen LogP contribution in [0.5, 0.6) is 11.5 Å². The molecule has 0 fully saturated rings. The number of fused-ring (bicyclic) bond motifs is 1. The topological polar surface area (TPSA) is 193 Å². The minimum atomic E-state index is -0.594. The predicted molar refractivity (Wildman–Crippen MR) is 164 cm³/mol. The van der Waals surface area contributed by atoms with Crippen LogP contribution in [0.25, 0.3) is 0 Å². The smallest absolute Gasteiger partial charge is 0.344 e. The Bertz CT molecular complexity index is 1590. The average Bonchev–Trinajstić information content (AvgIpc) is 2.99. The van der Waals surface area contributed by atoms with E-state index in [1.165, 1.54) is 12.1 Å².